The molecule has 1 fully saturated rings. The lowest BCUT2D eigenvalue weighted by molar-refractivity contribution is 0.0823. The summed E-state index contributed by atoms with van der Waals surface area (Å²) in [5.41, 5.74) is 0. The number of hydrogen-bond acceptors (Lipinski definition) is 4. The van der Waals surface area contributed by atoms with Gasteiger partial charge in [0.1, 0.15) is 5.82 Å². The summed E-state index contributed by atoms with van der Waals surface area (Å²) >= 11 is 0. The Kier molecular flexibility index (Phi) is 5.69. The lowest BCUT2D eigenvalue weighted by Gasteiger charge is -2.29. The second-order valence-corrected chi connectivity index (χ2v) is 7.05. The first-order valence-electron chi connectivity index (χ1n) is 7.13. The number of halogens is 1. The van der Waals surface area contributed by atoms with Crippen LogP contribution in [0.25, 0.3) is 0 Å². The Bertz CT molecular complexity index is 557. The molecule has 0 aromatic heterocycles. The molecule has 1 aliphatic heterocycles. The van der Waals surface area contributed by atoms with Crippen LogP contribution in [0.4, 0.5) is 4.39 Å². The van der Waals surface area contributed by atoms with Gasteiger partial charge < -0.3 is 10.0 Å². The number of rotatable bonds is 6. The van der Waals surface area contributed by atoms with Crippen LogP contribution in [0.3, 0.4) is 0 Å². The quantitative estimate of drug-likeness (QED) is 0.767. The number of aliphatic hydroxyl groups is 1. The van der Waals surface area contributed by atoms with E-state index in [1.54, 1.807) is 0 Å². The van der Waals surface area contributed by atoms with Gasteiger partial charge in [-0.1, -0.05) is 6.07 Å². The van der Waals surface area contributed by atoms with Gasteiger partial charge in [0.15, 0.2) is 0 Å². The molecule has 1 aromatic rings. The van der Waals surface area contributed by atoms with Crippen molar-refractivity contribution in [1.29, 1.82) is 0 Å². The molecule has 0 atom stereocenters. The average Bonchev–Trinajstić information content (AvgIpc) is 2.45. The smallest absolute Gasteiger partial charge is 0.240 e. The molecule has 0 saturated carbocycles. The van der Waals surface area contributed by atoms with Gasteiger partial charge in [-0.15, -0.1) is 0 Å². The van der Waals surface area contributed by atoms with Crippen molar-refractivity contribution < 1.29 is 17.9 Å². The Labute approximate surface area is 124 Å². The Morgan fingerprint density at radius 2 is 2.05 bits per heavy atom. The molecule has 21 heavy (non-hydrogen) atoms. The van der Waals surface area contributed by atoms with Gasteiger partial charge in [-0.3, -0.25) is 0 Å². The fraction of sp³-hybridized carbons (Fsp3) is 0.571. The average molecular weight is 316 g/mol. The third-order valence-corrected chi connectivity index (χ3v) is 5.07. The van der Waals surface area contributed by atoms with Crippen molar-refractivity contribution in [3.8, 4) is 0 Å². The molecule has 0 radical (unpaired) electrons. The number of nitrogens with zero attached hydrogens (tertiary/aromatic N) is 1. The maximum atomic E-state index is 13.0. The van der Waals surface area contributed by atoms with E-state index in [1.807, 2.05) is 0 Å². The van der Waals surface area contributed by atoms with E-state index in [9.17, 15) is 17.9 Å². The van der Waals surface area contributed by atoms with Crippen LogP contribution in [0, 0.1) is 5.82 Å². The highest BCUT2D eigenvalue weighted by Crippen LogP contribution is 2.11. The molecule has 2 rings (SSSR count). The molecule has 1 saturated heterocycles. The lowest BCUT2D eigenvalue weighted by Crippen LogP contribution is -2.37. The van der Waals surface area contributed by atoms with Crippen molar-refractivity contribution in [3.63, 3.8) is 0 Å². The minimum absolute atomic E-state index is 0.0522. The van der Waals surface area contributed by atoms with E-state index in [0.29, 0.717) is 13.0 Å². The van der Waals surface area contributed by atoms with Crippen LogP contribution in [-0.4, -0.2) is 50.7 Å². The summed E-state index contributed by atoms with van der Waals surface area (Å²) in [6.45, 7) is 2.80. The lowest BCUT2D eigenvalue weighted by atomic mass is 10.1. The second kappa shape index (κ2) is 7.31. The zero-order chi connectivity index (χ0) is 15.3. The third-order valence-electron chi connectivity index (χ3n) is 3.61. The first-order valence-corrected chi connectivity index (χ1v) is 8.61. The standard InChI is InChI=1S/C14H21FN2O3S/c15-12-3-1-4-14(11-12)21(19,20)16-7-2-8-17-9-5-13(18)6-10-17/h1,3-4,11,13,16,18H,2,5-10H2. The minimum atomic E-state index is -3.64. The molecule has 7 heteroatoms. The van der Waals surface area contributed by atoms with Gasteiger partial charge in [0.25, 0.3) is 0 Å². The molecular weight excluding hydrogens is 295 g/mol. The van der Waals surface area contributed by atoms with Crippen molar-refractivity contribution >= 4 is 10.0 Å². The topological polar surface area (TPSA) is 69.6 Å². The summed E-state index contributed by atoms with van der Waals surface area (Å²) in [5, 5.41) is 9.40. The van der Waals surface area contributed by atoms with E-state index in [1.165, 1.54) is 18.2 Å². The number of likely N-dealkylation sites (tertiary alicyclic amines) is 1. The summed E-state index contributed by atoms with van der Waals surface area (Å²) in [7, 11) is -3.64. The normalized spacial score (nSPS) is 18.0. The number of sulfonamides is 1. The monoisotopic (exact) mass is 316 g/mol. The van der Waals surface area contributed by atoms with E-state index in [4.69, 9.17) is 0 Å². The molecule has 0 unspecified atom stereocenters. The highest BCUT2D eigenvalue weighted by Gasteiger charge is 2.17. The van der Waals surface area contributed by atoms with Crippen LogP contribution in [0.15, 0.2) is 29.2 Å². The Balaban J connectivity index is 1.75. The number of hydrogen-bond donors (Lipinski definition) is 2. The first kappa shape index (κ1) is 16.4. The minimum Gasteiger partial charge on any atom is -0.393 e. The van der Waals surface area contributed by atoms with Gasteiger partial charge in [0, 0.05) is 19.6 Å². The van der Waals surface area contributed by atoms with E-state index in [2.05, 4.69) is 9.62 Å². The molecule has 5 nitrogen and oxygen atoms in total. The zero-order valence-electron chi connectivity index (χ0n) is 11.8. The van der Waals surface area contributed by atoms with Gasteiger partial charge >= 0.3 is 0 Å². The summed E-state index contributed by atoms with van der Waals surface area (Å²) in [6.07, 6.45) is 2.03. The number of aliphatic hydroxyl groups excluding tert-OH is 1. The van der Waals surface area contributed by atoms with Crippen molar-refractivity contribution in [3.05, 3.63) is 30.1 Å². The predicted molar refractivity (Wildman–Crippen MR) is 77.9 cm³/mol. The number of benzene rings is 1. The predicted octanol–water partition coefficient (Wildman–Crippen LogP) is 0.951. The molecule has 0 bridgehead atoms. The summed E-state index contributed by atoms with van der Waals surface area (Å²) in [6, 6.07) is 4.97. The van der Waals surface area contributed by atoms with Crippen LogP contribution < -0.4 is 4.72 Å². The Morgan fingerprint density at radius 3 is 2.71 bits per heavy atom. The van der Waals surface area contributed by atoms with Crippen molar-refractivity contribution in [2.45, 2.75) is 30.3 Å². The second-order valence-electron chi connectivity index (χ2n) is 5.28. The fourth-order valence-corrected chi connectivity index (χ4v) is 3.47. The highest BCUT2D eigenvalue weighted by atomic mass is 32.2. The molecule has 1 aromatic carbocycles. The molecular formula is C14H21FN2O3S. The Hall–Kier alpha value is -1.02. The molecule has 1 aliphatic rings. The van der Waals surface area contributed by atoms with Crippen LogP contribution in [0.1, 0.15) is 19.3 Å². The van der Waals surface area contributed by atoms with Crippen molar-refractivity contribution in [1.82, 2.24) is 9.62 Å². The highest BCUT2D eigenvalue weighted by molar-refractivity contribution is 7.89. The summed E-state index contributed by atoms with van der Waals surface area (Å²) in [4.78, 5) is 2.16. The van der Waals surface area contributed by atoms with Crippen LogP contribution in [0.2, 0.25) is 0 Å². The molecule has 0 spiro atoms. The maximum absolute atomic E-state index is 13.0. The van der Waals surface area contributed by atoms with E-state index in [0.717, 1.165) is 38.5 Å². The van der Waals surface area contributed by atoms with Crippen molar-refractivity contribution in [2.75, 3.05) is 26.2 Å². The number of piperidine rings is 1. The van der Waals surface area contributed by atoms with Gasteiger partial charge in [0.05, 0.1) is 11.0 Å². The number of nitrogens with one attached hydrogen (secondary N) is 1. The van der Waals surface area contributed by atoms with E-state index < -0.39 is 15.8 Å². The first-order chi connectivity index (χ1) is 9.97. The molecule has 1 heterocycles. The molecule has 0 amide bonds. The van der Waals surface area contributed by atoms with Crippen molar-refractivity contribution in [2.24, 2.45) is 0 Å². The van der Waals surface area contributed by atoms with Gasteiger partial charge in [0.2, 0.25) is 10.0 Å². The Morgan fingerprint density at radius 1 is 1.33 bits per heavy atom. The van der Waals surface area contributed by atoms with E-state index >= 15 is 0 Å². The maximum Gasteiger partial charge on any atom is 0.240 e. The van der Waals surface area contributed by atoms with E-state index in [-0.39, 0.29) is 11.0 Å². The van der Waals surface area contributed by atoms with Gasteiger partial charge in [-0.25, -0.2) is 17.5 Å². The summed E-state index contributed by atoms with van der Waals surface area (Å²) < 4.78 is 39.4. The fourth-order valence-electron chi connectivity index (χ4n) is 2.37. The SMILES string of the molecule is O=S(=O)(NCCCN1CCC(O)CC1)c1cccc(F)c1. The zero-order valence-corrected chi connectivity index (χ0v) is 12.7. The van der Waals surface area contributed by atoms with Crippen LogP contribution >= 0.6 is 0 Å². The molecule has 0 aliphatic carbocycles. The molecule has 118 valence electrons. The molecule has 2 N–H and O–H groups in total. The third kappa shape index (κ3) is 5.03. The van der Waals surface area contributed by atoms with Gasteiger partial charge in [-0.2, -0.15) is 0 Å². The van der Waals surface area contributed by atoms with Crippen LogP contribution in [0.5, 0.6) is 0 Å². The largest absolute Gasteiger partial charge is 0.393 e. The van der Waals surface area contributed by atoms with Gasteiger partial charge in [-0.05, 0) is 44.0 Å². The van der Waals surface area contributed by atoms with Crippen LogP contribution in [-0.2, 0) is 10.0 Å². The summed E-state index contributed by atoms with van der Waals surface area (Å²) in [5.74, 6) is -0.565.